The van der Waals surface area contributed by atoms with Crippen molar-refractivity contribution < 1.29 is 4.74 Å². The van der Waals surface area contributed by atoms with Gasteiger partial charge in [-0.3, -0.25) is 4.98 Å². The molecule has 0 fully saturated rings. The van der Waals surface area contributed by atoms with Crippen LogP contribution in [0.5, 0.6) is 5.75 Å². The number of nitrogens with zero attached hydrogens (tertiary/aromatic N) is 1. The lowest BCUT2D eigenvalue weighted by atomic mass is 9.98. The number of benzene rings is 1. The van der Waals surface area contributed by atoms with Gasteiger partial charge in [-0.05, 0) is 54.3 Å². The molecule has 2 rings (SSSR count). The molecule has 1 aromatic carbocycles. The highest BCUT2D eigenvalue weighted by Crippen LogP contribution is 2.29. The number of hydrogen-bond acceptors (Lipinski definition) is 3. The molecule has 3 heteroatoms. The van der Waals surface area contributed by atoms with E-state index < -0.39 is 0 Å². The van der Waals surface area contributed by atoms with Gasteiger partial charge in [0, 0.05) is 24.5 Å². The summed E-state index contributed by atoms with van der Waals surface area (Å²) in [7, 11) is 1.69. The van der Waals surface area contributed by atoms with E-state index in [0.717, 1.165) is 22.4 Å². The first-order valence-electron chi connectivity index (χ1n) is 5.95. The van der Waals surface area contributed by atoms with E-state index in [-0.39, 0.29) is 0 Å². The molecule has 1 heterocycles. The van der Waals surface area contributed by atoms with E-state index in [4.69, 9.17) is 10.5 Å². The van der Waals surface area contributed by atoms with Crippen molar-refractivity contribution in [3.05, 3.63) is 47.3 Å². The van der Waals surface area contributed by atoms with Gasteiger partial charge in [-0.1, -0.05) is 0 Å². The van der Waals surface area contributed by atoms with E-state index in [1.54, 1.807) is 13.3 Å². The summed E-state index contributed by atoms with van der Waals surface area (Å²) in [6, 6.07) is 6.27. The first-order valence-corrected chi connectivity index (χ1v) is 5.95. The molecular weight excluding hydrogens is 224 g/mol. The third-order valence-electron chi connectivity index (χ3n) is 3.08. The lowest BCUT2D eigenvalue weighted by molar-refractivity contribution is 0.411. The molecule has 0 saturated heterocycles. The number of aryl methyl sites for hydroxylation is 2. The predicted octanol–water partition coefficient (Wildman–Crippen LogP) is 2.83. The normalized spacial score (nSPS) is 10.4. The minimum Gasteiger partial charge on any atom is -0.496 e. The maximum atomic E-state index is 5.65. The van der Waals surface area contributed by atoms with Crippen LogP contribution in [0.15, 0.2) is 30.6 Å². The maximum absolute atomic E-state index is 5.65. The molecule has 2 aromatic rings. The average molecular weight is 242 g/mol. The fourth-order valence-electron chi connectivity index (χ4n) is 2.07. The first-order chi connectivity index (χ1) is 8.65. The Balaban J connectivity index is 2.53. The third-order valence-corrected chi connectivity index (χ3v) is 3.08. The summed E-state index contributed by atoms with van der Waals surface area (Å²) in [4.78, 5) is 4.23. The molecule has 0 saturated carbocycles. The Labute approximate surface area is 108 Å². The standard InChI is InChI=1S/C15H18N2O/c1-10-5-15(18-3)11(2)4-14(10)13-6-12(7-16)8-17-9-13/h4-6,8-9H,7,16H2,1-3H3. The molecule has 1 aromatic heterocycles. The number of methoxy groups -OCH3 is 1. The minimum atomic E-state index is 0.509. The highest BCUT2D eigenvalue weighted by molar-refractivity contribution is 5.69. The molecule has 0 atom stereocenters. The SMILES string of the molecule is COc1cc(C)c(-c2cncc(CN)c2)cc1C. The lowest BCUT2D eigenvalue weighted by Crippen LogP contribution is -1.98. The van der Waals surface area contributed by atoms with Gasteiger partial charge < -0.3 is 10.5 Å². The summed E-state index contributed by atoms with van der Waals surface area (Å²) in [5.74, 6) is 0.916. The second-order valence-corrected chi connectivity index (χ2v) is 4.42. The van der Waals surface area contributed by atoms with Crippen molar-refractivity contribution in [3.8, 4) is 16.9 Å². The number of nitrogens with two attached hydrogens (primary N) is 1. The number of pyridine rings is 1. The Kier molecular flexibility index (Phi) is 3.63. The summed E-state index contributed by atoms with van der Waals surface area (Å²) >= 11 is 0. The summed E-state index contributed by atoms with van der Waals surface area (Å²) < 4.78 is 5.33. The zero-order chi connectivity index (χ0) is 13.1. The zero-order valence-electron chi connectivity index (χ0n) is 11.0. The molecule has 18 heavy (non-hydrogen) atoms. The number of rotatable bonds is 3. The average Bonchev–Trinajstić information content (AvgIpc) is 2.41. The highest BCUT2D eigenvalue weighted by atomic mass is 16.5. The van der Waals surface area contributed by atoms with Gasteiger partial charge in [0.2, 0.25) is 0 Å². The van der Waals surface area contributed by atoms with Crippen LogP contribution in [-0.4, -0.2) is 12.1 Å². The van der Waals surface area contributed by atoms with E-state index >= 15 is 0 Å². The Morgan fingerprint density at radius 2 is 1.89 bits per heavy atom. The van der Waals surface area contributed by atoms with Gasteiger partial charge in [-0.25, -0.2) is 0 Å². The van der Waals surface area contributed by atoms with Crippen molar-refractivity contribution in [2.75, 3.05) is 7.11 Å². The maximum Gasteiger partial charge on any atom is 0.122 e. The summed E-state index contributed by atoms with van der Waals surface area (Å²) in [5.41, 5.74) is 11.3. The molecular formula is C15H18N2O. The van der Waals surface area contributed by atoms with Crippen LogP contribution in [0.2, 0.25) is 0 Å². The van der Waals surface area contributed by atoms with Crippen LogP contribution >= 0.6 is 0 Å². The molecule has 0 radical (unpaired) electrons. The molecule has 0 spiro atoms. The topological polar surface area (TPSA) is 48.1 Å². The monoisotopic (exact) mass is 242 g/mol. The van der Waals surface area contributed by atoms with Crippen LogP contribution < -0.4 is 10.5 Å². The molecule has 0 aliphatic heterocycles. The van der Waals surface area contributed by atoms with Gasteiger partial charge in [-0.2, -0.15) is 0 Å². The van der Waals surface area contributed by atoms with Crippen LogP contribution in [0, 0.1) is 13.8 Å². The van der Waals surface area contributed by atoms with E-state index in [9.17, 15) is 0 Å². The van der Waals surface area contributed by atoms with Crippen molar-refractivity contribution >= 4 is 0 Å². The van der Waals surface area contributed by atoms with E-state index in [2.05, 4.69) is 30.1 Å². The molecule has 0 unspecified atom stereocenters. The number of ether oxygens (including phenoxy) is 1. The van der Waals surface area contributed by atoms with Crippen molar-refractivity contribution in [3.63, 3.8) is 0 Å². The first kappa shape index (κ1) is 12.6. The predicted molar refractivity (Wildman–Crippen MR) is 73.6 cm³/mol. The molecule has 94 valence electrons. The van der Waals surface area contributed by atoms with Crippen LogP contribution in [-0.2, 0) is 6.54 Å². The van der Waals surface area contributed by atoms with Gasteiger partial charge in [0.15, 0.2) is 0 Å². The fourth-order valence-corrected chi connectivity index (χ4v) is 2.07. The van der Waals surface area contributed by atoms with Crippen molar-refractivity contribution in [1.29, 1.82) is 0 Å². The Morgan fingerprint density at radius 1 is 1.11 bits per heavy atom. The zero-order valence-corrected chi connectivity index (χ0v) is 11.0. The van der Waals surface area contributed by atoms with Crippen LogP contribution in [0.3, 0.4) is 0 Å². The molecule has 0 aliphatic carbocycles. The van der Waals surface area contributed by atoms with Gasteiger partial charge in [-0.15, -0.1) is 0 Å². The third kappa shape index (κ3) is 2.36. The highest BCUT2D eigenvalue weighted by Gasteiger charge is 2.07. The molecule has 3 nitrogen and oxygen atoms in total. The lowest BCUT2D eigenvalue weighted by Gasteiger charge is -2.12. The summed E-state index contributed by atoms with van der Waals surface area (Å²) in [6.45, 7) is 4.63. The van der Waals surface area contributed by atoms with E-state index in [1.165, 1.54) is 11.1 Å². The Hall–Kier alpha value is -1.87. The number of aromatic nitrogens is 1. The van der Waals surface area contributed by atoms with Crippen LogP contribution in [0.25, 0.3) is 11.1 Å². The Bertz CT molecular complexity index is 564. The quantitative estimate of drug-likeness (QED) is 0.900. The van der Waals surface area contributed by atoms with Crippen molar-refractivity contribution in [2.45, 2.75) is 20.4 Å². The molecule has 2 N–H and O–H groups in total. The van der Waals surface area contributed by atoms with Crippen molar-refractivity contribution in [1.82, 2.24) is 4.98 Å². The van der Waals surface area contributed by atoms with E-state index in [1.807, 2.05) is 13.1 Å². The largest absolute Gasteiger partial charge is 0.496 e. The van der Waals surface area contributed by atoms with Gasteiger partial charge in [0.25, 0.3) is 0 Å². The molecule has 0 amide bonds. The second-order valence-electron chi connectivity index (χ2n) is 4.42. The summed E-state index contributed by atoms with van der Waals surface area (Å²) in [5, 5.41) is 0. The number of hydrogen-bond donors (Lipinski definition) is 1. The van der Waals surface area contributed by atoms with Crippen LogP contribution in [0.1, 0.15) is 16.7 Å². The van der Waals surface area contributed by atoms with E-state index in [0.29, 0.717) is 6.54 Å². The van der Waals surface area contributed by atoms with Crippen LogP contribution in [0.4, 0.5) is 0 Å². The second kappa shape index (κ2) is 5.19. The minimum absolute atomic E-state index is 0.509. The van der Waals surface area contributed by atoms with Gasteiger partial charge in [0.1, 0.15) is 5.75 Å². The molecule has 0 aliphatic rings. The van der Waals surface area contributed by atoms with Gasteiger partial charge >= 0.3 is 0 Å². The van der Waals surface area contributed by atoms with Crippen molar-refractivity contribution in [2.24, 2.45) is 5.73 Å². The summed E-state index contributed by atoms with van der Waals surface area (Å²) in [6.07, 6.45) is 3.67. The fraction of sp³-hybridized carbons (Fsp3) is 0.267. The molecule has 0 bridgehead atoms. The Morgan fingerprint density at radius 3 is 2.56 bits per heavy atom. The smallest absolute Gasteiger partial charge is 0.122 e. The van der Waals surface area contributed by atoms with Gasteiger partial charge in [0.05, 0.1) is 7.11 Å².